The Hall–Kier alpha value is -3.41. The summed E-state index contributed by atoms with van der Waals surface area (Å²) in [7, 11) is 0. The molecule has 0 radical (unpaired) electrons. The highest BCUT2D eigenvalue weighted by Gasteiger charge is 2.22. The molecule has 0 saturated carbocycles. The van der Waals surface area contributed by atoms with Gasteiger partial charge in [0.1, 0.15) is 5.75 Å². The Morgan fingerprint density at radius 1 is 0.935 bits per heavy atom. The van der Waals surface area contributed by atoms with E-state index in [1.165, 1.54) is 5.56 Å². The molecule has 0 bridgehead atoms. The van der Waals surface area contributed by atoms with E-state index < -0.39 is 0 Å². The normalized spacial score (nSPS) is 13.9. The van der Waals surface area contributed by atoms with Crippen LogP contribution in [0.5, 0.6) is 5.75 Å². The number of rotatable bonds is 6. The molecule has 2 heterocycles. The molecule has 1 amide bonds. The molecule has 2 aromatic carbocycles. The van der Waals surface area contributed by atoms with E-state index in [2.05, 4.69) is 53.2 Å². The Bertz CT molecular complexity index is 1010. The predicted molar refractivity (Wildman–Crippen MR) is 122 cm³/mol. The van der Waals surface area contributed by atoms with Gasteiger partial charge in [-0.1, -0.05) is 55.0 Å². The van der Waals surface area contributed by atoms with E-state index >= 15 is 0 Å². The molecule has 3 aromatic rings. The lowest BCUT2D eigenvalue weighted by atomic mass is 10.1. The van der Waals surface area contributed by atoms with Crippen molar-refractivity contribution in [1.82, 2.24) is 15.1 Å². The third kappa shape index (κ3) is 5.02. The number of ether oxygens (including phenoxy) is 1. The number of benzene rings is 2. The van der Waals surface area contributed by atoms with Gasteiger partial charge in [0.05, 0.1) is 5.69 Å². The molecular weight excluding hydrogens is 388 g/mol. The molecule has 31 heavy (non-hydrogen) atoms. The van der Waals surface area contributed by atoms with Crippen LogP contribution in [0.1, 0.15) is 18.1 Å². The van der Waals surface area contributed by atoms with Gasteiger partial charge in [0.2, 0.25) is 0 Å². The number of amides is 1. The highest BCUT2D eigenvalue weighted by molar-refractivity contribution is 5.78. The first-order valence-electron chi connectivity index (χ1n) is 10.8. The second-order valence-electron chi connectivity index (χ2n) is 7.76. The van der Waals surface area contributed by atoms with Gasteiger partial charge in [-0.25, -0.2) is 0 Å². The molecule has 0 aliphatic carbocycles. The lowest BCUT2D eigenvalue weighted by Gasteiger charge is -2.35. The summed E-state index contributed by atoms with van der Waals surface area (Å²) in [6.45, 7) is 6.99. The number of anilines is 1. The van der Waals surface area contributed by atoms with Gasteiger partial charge in [0, 0.05) is 31.7 Å². The van der Waals surface area contributed by atoms with Crippen molar-refractivity contribution in [2.45, 2.75) is 20.3 Å². The Balaban J connectivity index is 1.30. The number of hydrogen-bond donors (Lipinski definition) is 0. The molecule has 0 spiro atoms. The van der Waals surface area contributed by atoms with Crippen LogP contribution < -0.4 is 9.64 Å². The third-order valence-corrected chi connectivity index (χ3v) is 5.66. The van der Waals surface area contributed by atoms with Gasteiger partial charge in [0.15, 0.2) is 12.4 Å². The summed E-state index contributed by atoms with van der Waals surface area (Å²) in [4.78, 5) is 16.6. The number of piperazine rings is 1. The van der Waals surface area contributed by atoms with Gasteiger partial charge in [-0.3, -0.25) is 4.79 Å². The zero-order valence-electron chi connectivity index (χ0n) is 18.1. The minimum absolute atomic E-state index is 0.0198. The Kier molecular flexibility index (Phi) is 6.46. The van der Waals surface area contributed by atoms with Gasteiger partial charge >= 0.3 is 0 Å². The minimum Gasteiger partial charge on any atom is -0.483 e. The van der Waals surface area contributed by atoms with Crippen LogP contribution in [0.4, 0.5) is 5.82 Å². The summed E-state index contributed by atoms with van der Waals surface area (Å²) in [5.41, 5.74) is 4.26. The van der Waals surface area contributed by atoms with Crippen LogP contribution in [0, 0.1) is 6.92 Å². The van der Waals surface area contributed by atoms with Crippen molar-refractivity contribution in [2.75, 3.05) is 37.7 Å². The van der Waals surface area contributed by atoms with Crippen molar-refractivity contribution < 1.29 is 9.53 Å². The first-order valence-corrected chi connectivity index (χ1v) is 10.8. The van der Waals surface area contributed by atoms with Crippen LogP contribution >= 0.6 is 0 Å². The average Bonchev–Trinajstić information content (AvgIpc) is 2.83. The SMILES string of the molecule is CCc1ccccc1OCC(=O)N1CCN(c2ccc(-c3ccc(C)cc3)nn2)CC1. The van der Waals surface area contributed by atoms with Crippen LogP contribution in [0.3, 0.4) is 0 Å². The van der Waals surface area contributed by atoms with E-state index in [0.29, 0.717) is 13.1 Å². The molecule has 6 heteroatoms. The van der Waals surface area contributed by atoms with E-state index in [9.17, 15) is 4.79 Å². The molecule has 1 saturated heterocycles. The smallest absolute Gasteiger partial charge is 0.260 e. The van der Waals surface area contributed by atoms with Crippen molar-refractivity contribution >= 4 is 11.7 Å². The molecule has 160 valence electrons. The molecule has 6 nitrogen and oxygen atoms in total. The number of carbonyl (C=O) groups is 1. The molecule has 0 N–H and O–H groups in total. The highest BCUT2D eigenvalue weighted by Crippen LogP contribution is 2.21. The topological polar surface area (TPSA) is 58.6 Å². The van der Waals surface area contributed by atoms with E-state index in [-0.39, 0.29) is 12.5 Å². The van der Waals surface area contributed by atoms with Gasteiger partial charge < -0.3 is 14.5 Å². The average molecular weight is 417 g/mol. The standard InChI is InChI=1S/C25H28N4O2/c1-3-20-6-4-5-7-23(20)31-18-25(30)29-16-14-28(15-17-29)24-13-12-22(26-27-24)21-10-8-19(2)9-11-21/h4-13H,3,14-18H2,1-2H3. The van der Waals surface area contributed by atoms with Crippen LogP contribution in [0.25, 0.3) is 11.3 Å². The number of aromatic nitrogens is 2. The van der Waals surface area contributed by atoms with Crippen molar-refractivity contribution in [3.05, 3.63) is 71.8 Å². The lowest BCUT2D eigenvalue weighted by molar-refractivity contribution is -0.133. The molecule has 4 rings (SSSR count). The summed E-state index contributed by atoms with van der Waals surface area (Å²) >= 11 is 0. The van der Waals surface area contributed by atoms with Crippen molar-refractivity contribution in [1.29, 1.82) is 0 Å². The summed E-state index contributed by atoms with van der Waals surface area (Å²) in [6, 6.07) is 20.2. The van der Waals surface area contributed by atoms with Crippen LogP contribution in [0.15, 0.2) is 60.7 Å². The van der Waals surface area contributed by atoms with Crippen molar-refractivity contribution in [3.8, 4) is 17.0 Å². The fourth-order valence-electron chi connectivity index (χ4n) is 3.72. The van der Waals surface area contributed by atoms with Gasteiger partial charge in [0.25, 0.3) is 5.91 Å². The second kappa shape index (κ2) is 9.60. The zero-order chi connectivity index (χ0) is 21.6. The summed E-state index contributed by atoms with van der Waals surface area (Å²) < 4.78 is 5.79. The van der Waals surface area contributed by atoms with E-state index in [1.807, 2.05) is 41.3 Å². The minimum atomic E-state index is 0.0198. The van der Waals surface area contributed by atoms with E-state index in [4.69, 9.17) is 4.74 Å². The molecule has 1 aliphatic heterocycles. The first-order chi connectivity index (χ1) is 15.1. The van der Waals surface area contributed by atoms with Gasteiger partial charge in [-0.15, -0.1) is 10.2 Å². The maximum Gasteiger partial charge on any atom is 0.260 e. The molecule has 0 unspecified atom stereocenters. The van der Waals surface area contributed by atoms with Gasteiger partial charge in [-0.2, -0.15) is 0 Å². The first kappa shape index (κ1) is 20.8. The molecule has 1 aliphatic rings. The predicted octanol–water partition coefficient (Wildman–Crippen LogP) is 3.74. The second-order valence-corrected chi connectivity index (χ2v) is 7.76. The Morgan fingerprint density at radius 3 is 2.35 bits per heavy atom. The number of carbonyl (C=O) groups excluding carboxylic acids is 1. The molecule has 1 fully saturated rings. The van der Waals surface area contributed by atoms with Crippen LogP contribution in [-0.4, -0.2) is 53.8 Å². The summed E-state index contributed by atoms with van der Waals surface area (Å²) in [5, 5.41) is 8.81. The fourth-order valence-corrected chi connectivity index (χ4v) is 3.72. The number of nitrogens with zero attached hydrogens (tertiary/aromatic N) is 4. The number of aryl methyl sites for hydroxylation is 2. The monoisotopic (exact) mass is 416 g/mol. The summed E-state index contributed by atoms with van der Waals surface area (Å²) in [5.74, 6) is 1.66. The quantitative estimate of drug-likeness (QED) is 0.613. The Morgan fingerprint density at radius 2 is 1.68 bits per heavy atom. The maximum absolute atomic E-state index is 12.6. The summed E-state index contributed by atoms with van der Waals surface area (Å²) in [6.07, 6.45) is 0.882. The largest absolute Gasteiger partial charge is 0.483 e. The van der Waals surface area contributed by atoms with E-state index in [0.717, 1.165) is 47.9 Å². The van der Waals surface area contributed by atoms with Crippen molar-refractivity contribution in [2.24, 2.45) is 0 Å². The maximum atomic E-state index is 12.6. The van der Waals surface area contributed by atoms with Gasteiger partial charge in [-0.05, 0) is 37.1 Å². The van der Waals surface area contributed by atoms with E-state index in [1.54, 1.807) is 0 Å². The fraction of sp³-hybridized carbons (Fsp3) is 0.320. The zero-order valence-corrected chi connectivity index (χ0v) is 18.1. The lowest BCUT2D eigenvalue weighted by Crippen LogP contribution is -2.50. The third-order valence-electron chi connectivity index (χ3n) is 5.66. The number of para-hydroxylation sites is 1. The van der Waals surface area contributed by atoms with Crippen LogP contribution in [0.2, 0.25) is 0 Å². The van der Waals surface area contributed by atoms with Crippen molar-refractivity contribution in [3.63, 3.8) is 0 Å². The highest BCUT2D eigenvalue weighted by atomic mass is 16.5. The number of hydrogen-bond acceptors (Lipinski definition) is 5. The molecule has 0 atom stereocenters. The molecule has 1 aromatic heterocycles. The Labute approximate surface area is 183 Å². The van der Waals surface area contributed by atoms with Crippen LogP contribution in [-0.2, 0) is 11.2 Å². The molecular formula is C25H28N4O2.